The minimum atomic E-state index is 0.0443. The Labute approximate surface area is 157 Å². The smallest absolute Gasteiger partial charge is 0.272 e. The molecule has 0 saturated carbocycles. The summed E-state index contributed by atoms with van der Waals surface area (Å²) in [5.74, 6) is 1.94. The van der Waals surface area contributed by atoms with Gasteiger partial charge in [0.25, 0.3) is 5.91 Å². The molecule has 1 saturated heterocycles. The third-order valence-corrected chi connectivity index (χ3v) is 5.95. The Balaban J connectivity index is 1.50. The van der Waals surface area contributed by atoms with E-state index in [4.69, 9.17) is 4.42 Å². The average Bonchev–Trinajstić information content (AvgIpc) is 3.26. The number of hydrogen-bond acceptors (Lipinski definition) is 4. The normalized spacial score (nSPS) is 17.9. The van der Waals surface area contributed by atoms with Gasteiger partial charge in [-0.3, -0.25) is 9.48 Å². The van der Waals surface area contributed by atoms with E-state index in [9.17, 15) is 4.79 Å². The van der Waals surface area contributed by atoms with Gasteiger partial charge < -0.3 is 9.32 Å². The summed E-state index contributed by atoms with van der Waals surface area (Å²) in [6.45, 7) is 1.47. The molecule has 26 heavy (non-hydrogen) atoms. The second kappa shape index (κ2) is 7.41. The molecule has 0 N–H and O–H groups in total. The fraction of sp³-hybridized carbons (Fsp3) is 0.300. The van der Waals surface area contributed by atoms with Gasteiger partial charge in [0, 0.05) is 31.5 Å². The van der Waals surface area contributed by atoms with Crippen LogP contribution in [0, 0.1) is 0 Å². The Morgan fingerprint density at radius 1 is 1.19 bits per heavy atom. The molecule has 0 aliphatic carbocycles. The van der Waals surface area contributed by atoms with E-state index in [1.807, 2.05) is 72.2 Å². The Kier molecular flexibility index (Phi) is 4.84. The number of benzene rings is 1. The summed E-state index contributed by atoms with van der Waals surface area (Å²) in [7, 11) is 1.83. The third kappa shape index (κ3) is 3.42. The SMILES string of the molecule is Cn1nc(-c2ccccc2)cc1C(=O)N1CCS[C@@H](c2ccco2)CC1. The van der Waals surface area contributed by atoms with Crippen molar-refractivity contribution in [1.29, 1.82) is 0 Å². The van der Waals surface area contributed by atoms with Crippen LogP contribution in [0.1, 0.15) is 27.9 Å². The number of carbonyl (C=O) groups is 1. The van der Waals surface area contributed by atoms with E-state index >= 15 is 0 Å². The number of amides is 1. The van der Waals surface area contributed by atoms with Crippen molar-refractivity contribution >= 4 is 17.7 Å². The van der Waals surface area contributed by atoms with Gasteiger partial charge in [-0.05, 0) is 24.6 Å². The van der Waals surface area contributed by atoms with Crippen LogP contribution in [0.3, 0.4) is 0 Å². The van der Waals surface area contributed by atoms with Crippen molar-refractivity contribution in [2.45, 2.75) is 11.7 Å². The van der Waals surface area contributed by atoms with Crippen molar-refractivity contribution < 1.29 is 9.21 Å². The Morgan fingerprint density at radius 2 is 2.04 bits per heavy atom. The zero-order valence-corrected chi connectivity index (χ0v) is 15.5. The van der Waals surface area contributed by atoms with E-state index in [-0.39, 0.29) is 5.91 Å². The highest BCUT2D eigenvalue weighted by Gasteiger charge is 2.26. The first-order valence-electron chi connectivity index (χ1n) is 8.76. The molecule has 0 radical (unpaired) electrons. The molecular formula is C20H21N3O2S. The predicted molar refractivity (Wildman–Crippen MR) is 103 cm³/mol. The van der Waals surface area contributed by atoms with Crippen molar-refractivity contribution in [1.82, 2.24) is 14.7 Å². The lowest BCUT2D eigenvalue weighted by Gasteiger charge is -2.19. The van der Waals surface area contributed by atoms with Crippen LogP contribution in [0.4, 0.5) is 0 Å². The molecular weight excluding hydrogens is 346 g/mol. The minimum Gasteiger partial charge on any atom is -0.468 e. The first kappa shape index (κ1) is 17.0. The highest BCUT2D eigenvalue weighted by molar-refractivity contribution is 7.99. The van der Waals surface area contributed by atoms with Gasteiger partial charge in [0.15, 0.2) is 0 Å². The Hall–Kier alpha value is -2.47. The largest absolute Gasteiger partial charge is 0.468 e. The maximum Gasteiger partial charge on any atom is 0.272 e. The average molecular weight is 367 g/mol. The van der Waals surface area contributed by atoms with Crippen LogP contribution in [-0.4, -0.2) is 39.4 Å². The molecule has 0 spiro atoms. The van der Waals surface area contributed by atoms with Gasteiger partial charge >= 0.3 is 0 Å². The topological polar surface area (TPSA) is 51.3 Å². The first-order valence-corrected chi connectivity index (χ1v) is 9.81. The van der Waals surface area contributed by atoms with Crippen LogP contribution in [0.15, 0.2) is 59.2 Å². The monoisotopic (exact) mass is 367 g/mol. The number of furan rings is 1. The first-order chi connectivity index (χ1) is 12.7. The van der Waals surface area contributed by atoms with E-state index in [2.05, 4.69) is 5.10 Å². The lowest BCUT2D eigenvalue weighted by Crippen LogP contribution is -2.34. The van der Waals surface area contributed by atoms with Gasteiger partial charge in [-0.15, -0.1) is 11.8 Å². The molecule has 1 aromatic carbocycles. The molecule has 1 fully saturated rings. The fourth-order valence-electron chi connectivity index (χ4n) is 3.25. The van der Waals surface area contributed by atoms with Crippen LogP contribution >= 0.6 is 11.8 Å². The van der Waals surface area contributed by atoms with E-state index in [1.54, 1.807) is 10.9 Å². The minimum absolute atomic E-state index is 0.0443. The highest BCUT2D eigenvalue weighted by Crippen LogP contribution is 2.34. The summed E-state index contributed by atoms with van der Waals surface area (Å²) >= 11 is 1.85. The molecule has 6 heteroatoms. The van der Waals surface area contributed by atoms with Crippen LogP contribution in [0.5, 0.6) is 0 Å². The fourth-order valence-corrected chi connectivity index (χ4v) is 4.44. The lowest BCUT2D eigenvalue weighted by atomic mass is 10.1. The van der Waals surface area contributed by atoms with Crippen LogP contribution in [0.2, 0.25) is 0 Å². The van der Waals surface area contributed by atoms with Gasteiger partial charge in [0.2, 0.25) is 0 Å². The Morgan fingerprint density at radius 3 is 2.81 bits per heavy atom. The molecule has 1 aliphatic rings. The summed E-state index contributed by atoms with van der Waals surface area (Å²) in [6, 6.07) is 15.8. The number of carbonyl (C=O) groups excluding carboxylic acids is 1. The quantitative estimate of drug-likeness (QED) is 0.702. The van der Waals surface area contributed by atoms with Crippen LogP contribution < -0.4 is 0 Å². The molecule has 1 atom stereocenters. The van der Waals surface area contributed by atoms with Crippen LogP contribution in [0.25, 0.3) is 11.3 Å². The lowest BCUT2D eigenvalue weighted by molar-refractivity contribution is 0.0755. The molecule has 3 heterocycles. The zero-order chi connectivity index (χ0) is 17.9. The van der Waals surface area contributed by atoms with Crippen molar-refractivity contribution in [2.75, 3.05) is 18.8 Å². The van der Waals surface area contributed by atoms with Crippen LogP contribution in [-0.2, 0) is 7.05 Å². The van der Waals surface area contributed by atoms with Crippen molar-refractivity contribution in [3.05, 3.63) is 66.2 Å². The maximum atomic E-state index is 13.0. The molecule has 0 bridgehead atoms. The maximum absolute atomic E-state index is 13.0. The molecule has 5 nitrogen and oxygen atoms in total. The second-order valence-corrected chi connectivity index (χ2v) is 7.67. The summed E-state index contributed by atoms with van der Waals surface area (Å²) in [6.07, 6.45) is 2.61. The number of hydrogen-bond donors (Lipinski definition) is 0. The van der Waals surface area contributed by atoms with Crippen molar-refractivity contribution in [3.63, 3.8) is 0 Å². The summed E-state index contributed by atoms with van der Waals surface area (Å²) in [4.78, 5) is 15.0. The molecule has 3 aromatic rings. The standard InChI is InChI=1S/C20H21N3O2S/c1-22-17(14-16(21-22)15-6-3-2-4-7-15)20(24)23-10-9-19(26-13-11-23)18-8-5-12-25-18/h2-8,12,14,19H,9-11,13H2,1H3/t19-/m1/s1. The molecule has 2 aromatic heterocycles. The number of rotatable bonds is 3. The molecule has 1 amide bonds. The molecule has 0 unspecified atom stereocenters. The van der Waals surface area contributed by atoms with Gasteiger partial charge in [0.1, 0.15) is 11.5 Å². The number of thioether (sulfide) groups is 1. The number of aryl methyl sites for hydroxylation is 1. The van der Waals surface area contributed by atoms with E-state index < -0.39 is 0 Å². The molecule has 4 rings (SSSR count). The van der Waals surface area contributed by atoms with E-state index in [0.717, 1.165) is 42.3 Å². The summed E-state index contributed by atoms with van der Waals surface area (Å²) in [5.41, 5.74) is 2.48. The van der Waals surface area contributed by atoms with Gasteiger partial charge in [-0.25, -0.2) is 0 Å². The molecule has 134 valence electrons. The van der Waals surface area contributed by atoms with E-state index in [1.165, 1.54) is 0 Å². The predicted octanol–water partition coefficient (Wildman–Crippen LogP) is 4.00. The highest BCUT2D eigenvalue weighted by atomic mass is 32.2. The zero-order valence-electron chi connectivity index (χ0n) is 14.7. The van der Waals surface area contributed by atoms with Gasteiger partial charge in [0.05, 0.1) is 17.2 Å². The number of nitrogens with zero attached hydrogens (tertiary/aromatic N) is 3. The number of aromatic nitrogens is 2. The van der Waals surface area contributed by atoms with Gasteiger partial charge in [-0.2, -0.15) is 5.10 Å². The third-order valence-electron chi connectivity index (χ3n) is 4.66. The van der Waals surface area contributed by atoms with Crippen molar-refractivity contribution in [3.8, 4) is 11.3 Å². The summed E-state index contributed by atoms with van der Waals surface area (Å²) in [5, 5.41) is 4.84. The van der Waals surface area contributed by atoms with E-state index in [0.29, 0.717) is 10.9 Å². The molecule has 1 aliphatic heterocycles. The second-order valence-electron chi connectivity index (χ2n) is 6.36. The summed E-state index contributed by atoms with van der Waals surface area (Å²) < 4.78 is 7.23. The Bertz CT molecular complexity index is 874. The van der Waals surface area contributed by atoms with Crippen molar-refractivity contribution in [2.24, 2.45) is 7.05 Å². The van der Waals surface area contributed by atoms with Gasteiger partial charge in [-0.1, -0.05) is 30.3 Å².